The molecule has 0 unspecified atom stereocenters. The van der Waals surface area contributed by atoms with Crippen molar-refractivity contribution in [3.05, 3.63) is 57.8 Å². The second-order valence-corrected chi connectivity index (χ2v) is 13.6. The molecule has 2 fully saturated rings. The number of hydrogen-bond acceptors (Lipinski definition) is 10. The first-order valence-electron chi connectivity index (χ1n) is 14.4. The number of aliphatic hydroxyl groups is 1. The number of aryl methyl sites for hydroxylation is 1. The number of hydrogen-bond donors (Lipinski definition) is 1. The second kappa shape index (κ2) is 9.77. The zero-order chi connectivity index (χ0) is 31.1. The lowest BCUT2D eigenvalue weighted by Crippen LogP contribution is -2.74. The molecule has 7 rings (SSSR count). The molecule has 0 saturated carbocycles. The van der Waals surface area contributed by atoms with Crippen molar-refractivity contribution in [1.82, 2.24) is 19.9 Å². The SMILES string of the molecule is Cc1cc(N2CC3(CN(C(=O)C(C)(C)O)C3)C2)nc2c(N(C)c3nc(-c4ccc(F)cc4)c(C#N)s3)c3c(nc12)C(=O)CC3. The number of thiazole rings is 1. The molecule has 12 heteroatoms. The van der Waals surface area contributed by atoms with Gasteiger partial charge in [-0.1, -0.05) is 11.3 Å². The summed E-state index contributed by atoms with van der Waals surface area (Å²) in [4.78, 5) is 46.2. The molecule has 224 valence electrons. The van der Waals surface area contributed by atoms with Crippen molar-refractivity contribution in [2.45, 2.75) is 39.2 Å². The maximum Gasteiger partial charge on any atom is 0.253 e. The molecular formula is C32H30FN7O3S. The van der Waals surface area contributed by atoms with E-state index in [1.54, 1.807) is 17.0 Å². The summed E-state index contributed by atoms with van der Waals surface area (Å²) in [6.07, 6.45) is 0.892. The highest BCUT2D eigenvalue weighted by Crippen LogP contribution is 2.45. The molecule has 3 aromatic heterocycles. The van der Waals surface area contributed by atoms with Gasteiger partial charge in [-0.2, -0.15) is 5.26 Å². The number of nitrogens with zero attached hydrogens (tertiary/aromatic N) is 7. The largest absolute Gasteiger partial charge is 0.381 e. The first kappa shape index (κ1) is 28.3. The van der Waals surface area contributed by atoms with Crippen LogP contribution in [-0.2, 0) is 11.2 Å². The van der Waals surface area contributed by atoms with Gasteiger partial charge in [0, 0.05) is 56.2 Å². The van der Waals surface area contributed by atoms with Crippen LogP contribution in [0.15, 0.2) is 30.3 Å². The van der Waals surface area contributed by atoms with Gasteiger partial charge in [0.15, 0.2) is 10.9 Å². The van der Waals surface area contributed by atoms with Gasteiger partial charge in [0.1, 0.15) is 45.1 Å². The van der Waals surface area contributed by atoms with Gasteiger partial charge >= 0.3 is 0 Å². The number of anilines is 3. The lowest BCUT2D eigenvalue weighted by Gasteiger charge is -2.61. The van der Waals surface area contributed by atoms with E-state index in [0.717, 1.165) is 35.7 Å². The van der Waals surface area contributed by atoms with Gasteiger partial charge in [-0.15, -0.1) is 0 Å². The van der Waals surface area contributed by atoms with Crippen molar-refractivity contribution in [1.29, 1.82) is 5.26 Å². The Hall–Kier alpha value is -4.47. The van der Waals surface area contributed by atoms with Crippen LogP contribution in [0.1, 0.15) is 46.8 Å². The molecule has 0 bridgehead atoms. The van der Waals surface area contributed by atoms with Crippen molar-refractivity contribution in [2.75, 3.05) is 43.0 Å². The molecule has 1 aliphatic carbocycles. The summed E-state index contributed by atoms with van der Waals surface area (Å²) >= 11 is 1.23. The van der Waals surface area contributed by atoms with Crippen LogP contribution in [0, 0.1) is 29.5 Å². The van der Waals surface area contributed by atoms with Gasteiger partial charge in [0.25, 0.3) is 5.91 Å². The lowest BCUT2D eigenvalue weighted by molar-refractivity contribution is -0.162. The van der Waals surface area contributed by atoms with Crippen molar-refractivity contribution in [3.8, 4) is 17.3 Å². The Labute approximate surface area is 257 Å². The molecule has 1 aromatic carbocycles. The number of carbonyl (C=O) groups is 2. The van der Waals surface area contributed by atoms with E-state index in [1.807, 2.05) is 24.9 Å². The zero-order valence-electron chi connectivity index (χ0n) is 24.8. The van der Waals surface area contributed by atoms with Gasteiger partial charge < -0.3 is 19.8 Å². The number of rotatable bonds is 5. The minimum absolute atomic E-state index is 0.0105. The molecule has 4 aromatic rings. The molecule has 1 amide bonds. The highest BCUT2D eigenvalue weighted by Gasteiger charge is 2.55. The first-order chi connectivity index (χ1) is 20.9. The van der Waals surface area contributed by atoms with Gasteiger partial charge in [-0.3, -0.25) is 9.59 Å². The van der Waals surface area contributed by atoms with Crippen molar-refractivity contribution in [3.63, 3.8) is 0 Å². The monoisotopic (exact) mass is 611 g/mol. The molecule has 3 aliphatic rings. The smallest absolute Gasteiger partial charge is 0.253 e. The molecule has 1 N–H and O–H groups in total. The minimum atomic E-state index is -1.38. The third-order valence-electron chi connectivity index (χ3n) is 8.75. The van der Waals surface area contributed by atoms with E-state index in [9.17, 15) is 24.3 Å². The van der Waals surface area contributed by atoms with Crippen LogP contribution < -0.4 is 9.80 Å². The summed E-state index contributed by atoms with van der Waals surface area (Å²) in [5.41, 5.74) is 3.89. The molecule has 0 radical (unpaired) electrons. The molecule has 2 aliphatic heterocycles. The number of fused-ring (bicyclic) bond motifs is 2. The van der Waals surface area contributed by atoms with E-state index < -0.39 is 5.60 Å². The molecule has 44 heavy (non-hydrogen) atoms. The number of ketones is 1. The number of benzene rings is 1. The average Bonchev–Trinajstić information content (AvgIpc) is 3.54. The molecule has 1 spiro atoms. The Morgan fingerprint density at radius 2 is 1.80 bits per heavy atom. The first-order valence-corrected chi connectivity index (χ1v) is 15.2. The highest BCUT2D eigenvalue weighted by molar-refractivity contribution is 7.16. The Bertz CT molecular complexity index is 1910. The summed E-state index contributed by atoms with van der Waals surface area (Å²) in [6, 6.07) is 10.1. The number of nitriles is 1. The standard InChI is InChI=1S/C32H30FN7O3S/c1-17-11-23(39-13-32(14-39)15-40(16-32)29(42)31(2,3)43)35-27-24(17)36-26-20(9-10-21(26)41)28(27)38(4)30-37-25(22(12-34)44-30)18-5-7-19(33)8-6-18/h5-8,11,43H,9-10,13-16H2,1-4H3. The maximum atomic E-state index is 13.6. The third-order valence-corrected chi connectivity index (χ3v) is 9.79. The predicted molar refractivity (Wildman–Crippen MR) is 165 cm³/mol. The normalized spacial score (nSPS) is 17.0. The number of aromatic nitrogens is 3. The van der Waals surface area contributed by atoms with Crippen LogP contribution in [0.25, 0.3) is 22.3 Å². The number of pyridine rings is 2. The number of amides is 1. The van der Waals surface area contributed by atoms with Crippen LogP contribution in [0.5, 0.6) is 0 Å². The Kier molecular flexibility index (Phi) is 6.29. The van der Waals surface area contributed by atoms with E-state index in [4.69, 9.17) is 15.0 Å². The van der Waals surface area contributed by atoms with Gasteiger partial charge in [0.05, 0.1) is 11.2 Å². The van der Waals surface area contributed by atoms with Gasteiger partial charge in [-0.05, 0) is 63.1 Å². The van der Waals surface area contributed by atoms with Crippen LogP contribution in [-0.4, -0.2) is 75.5 Å². The van der Waals surface area contributed by atoms with E-state index in [1.165, 1.54) is 37.3 Å². The lowest BCUT2D eigenvalue weighted by atomic mass is 9.72. The third kappa shape index (κ3) is 4.41. The second-order valence-electron chi connectivity index (χ2n) is 12.6. The summed E-state index contributed by atoms with van der Waals surface area (Å²) in [5, 5.41) is 20.6. The van der Waals surface area contributed by atoms with E-state index >= 15 is 0 Å². The Balaban J connectivity index is 1.26. The van der Waals surface area contributed by atoms with Crippen LogP contribution in [0.2, 0.25) is 0 Å². The fraction of sp³-hybridized carbons (Fsp3) is 0.375. The fourth-order valence-corrected chi connectivity index (χ4v) is 7.44. The summed E-state index contributed by atoms with van der Waals surface area (Å²) < 4.78 is 13.6. The minimum Gasteiger partial charge on any atom is -0.381 e. The molecule has 10 nitrogen and oxygen atoms in total. The molecule has 0 atom stereocenters. The van der Waals surface area contributed by atoms with Crippen LogP contribution in [0.4, 0.5) is 21.0 Å². The van der Waals surface area contributed by atoms with E-state index in [0.29, 0.717) is 63.9 Å². The van der Waals surface area contributed by atoms with Crippen molar-refractivity contribution >= 4 is 50.7 Å². The van der Waals surface area contributed by atoms with Crippen molar-refractivity contribution in [2.24, 2.45) is 5.41 Å². The zero-order valence-corrected chi connectivity index (χ0v) is 25.6. The highest BCUT2D eigenvalue weighted by atomic mass is 32.1. The topological polar surface area (TPSA) is 127 Å². The van der Waals surface area contributed by atoms with Crippen molar-refractivity contribution < 1.29 is 19.1 Å². The van der Waals surface area contributed by atoms with Gasteiger partial charge in [0.2, 0.25) is 0 Å². The summed E-state index contributed by atoms with van der Waals surface area (Å²) in [6.45, 7) is 7.67. The average molecular weight is 612 g/mol. The molecule has 5 heterocycles. The number of Topliss-reactive ketones (excluding diaryl/α,β-unsaturated/α-hetero) is 1. The number of likely N-dealkylation sites (tertiary alicyclic amines) is 1. The quantitative estimate of drug-likeness (QED) is 0.350. The predicted octanol–water partition coefficient (Wildman–Crippen LogP) is 4.39. The number of halogens is 1. The fourth-order valence-electron chi connectivity index (χ4n) is 6.58. The molecule has 2 saturated heterocycles. The Morgan fingerprint density at radius 3 is 2.45 bits per heavy atom. The van der Waals surface area contributed by atoms with E-state index in [2.05, 4.69) is 11.0 Å². The number of carbonyl (C=O) groups excluding carboxylic acids is 2. The Morgan fingerprint density at radius 1 is 1.09 bits per heavy atom. The van der Waals surface area contributed by atoms with E-state index in [-0.39, 0.29) is 22.9 Å². The summed E-state index contributed by atoms with van der Waals surface area (Å²) in [5.74, 6) is 0.153. The van der Waals surface area contributed by atoms with Crippen LogP contribution in [0.3, 0.4) is 0 Å². The molecular weight excluding hydrogens is 581 g/mol. The maximum absolute atomic E-state index is 13.6. The summed E-state index contributed by atoms with van der Waals surface area (Å²) in [7, 11) is 1.86. The van der Waals surface area contributed by atoms with Crippen LogP contribution >= 0.6 is 11.3 Å². The van der Waals surface area contributed by atoms with Gasteiger partial charge in [-0.25, -0.2) is 19.3 Å².